The van der Waals surface area contributed by atoms with Crippen LogP contribution >= 0.6 is 0 Å². The molecule has 2 aromatic rings. The predicted molar refractivity (Wildman–Crippen MR) is 99.4 cm³/mol. The van der Waals surface area contributed by atoms with Crippen LogP contribution < -0.4 is 10.3 Å². The van der Waals surface area contributed by atoms with Crippen molar-refractivity contribution in [1.82, 2.24) is 4.57 Å². The molecule has 2 fully saturated rings. The van der Waals surface area contributed by atoms with Crippen LogP contribution in [0, 0.1) is 15.9 Å². The van der Waals surface area contributed by atoms with Crippen molar-refractivity contribution in [3.63, 3.8) is 0 Å². The molecule has 1 saturated carbocycles. The predicted octanol–water partition coefficient (Wildman–Crippen LogP) is 1.11. The van der Waals surface area contributed by atoms with Gasteiger partial charge >= 0.3 is 17.6 Å². The van der Waals surface area contributed by atoms with Gasteiger partial charge in [-0.1, -0.05) is 0 Å². The second kappa shape index (κ2) is 6.76. The maximum absolute atomic E-state index is 15.1. The zero-order valence-electron chi connectivity index (χ0n) is 15.3. The van der Waals surface area contributed by atoms with E-state index in [2.05, 4.69) is 0 Å². The highest BCUT2D eigenvalue weighted by Crippen LogP contribution is 2.44. The second-order valence-corrected chi connectivity index (χ2v) is 7.42. The standard InChI is InChI=1S/C18H16FN3O8/c19-11-4-9-13(20(7-1-2-7)6-10(16(9)24)17(25)26)15(22(29)30)14(11)21-5-8(23)3-12(21)18(27)28/h4,6-8,12,23H,1-3,5H2,(H,25,26)(H,27,28). The first kappa shape index (κ1) is 19.8. The fourth-order valence-corrected chi connectivity index (χ4v) is 3.99. The summed E-state index contributed by atoms with van der Waals surface area (Å²) < 4.78 is 16.4. The van der Waals surface area contributed by atoms with E-state index in [0.717, 1.165) is 11.1 Å². The van der Waals surface area contributed by atoms with Crippen LogP contribution in [0.15, 0.2) is 17.1 Å². The first-order chi connectivity index (χ1) is 14.1. The molecule has 2 atom stereocenters. The van der Waals surface area contributed by atoms with Crippen molar-refractivity contribution < 1.29 is 34.2 Å². The lowest BCUT2D eigenvalue weighted by molar-refractivity contribution is -0.382. The Morgan fingerprint density at radius 1 is 1.27 bits per heavy atom. The van der Waals surface area contributed by atoms with Crippen LogP contribution in [0.2, 0.25) is 0 Å². The number of anilines is 1. The van der Waals surface area contributed by atoms with E-state index in [1.165, 1.54) is 4.57 Å². The Morgan fingerprint density at radius 2 is 1.93 bits per heavy atom. The third-order valence-corrected chi connectivity index (χ3v) is 5.42. The summed E-state index contributed by atoms with van der Waals surface area (Å²) >= 11 is 0. The number of aromatic carboxylic acids is 1. The first-order valence-corrected chi connectivity index (χ1v) is 9.08. The maximum atomic E-state index is 15.1. The van der Waals surface area contributed by atoms with Gasteiger partial charge in [0.2, 0.25) is 5.43 Å². The van der Waals surface area contributed by atoms with Gasteiger partial charge in [-0.05, 0) is 18.9 Å². The Labute approximate surface area is 166 Å². The molecule has 4 rings (SSSR count). The molecule has 0 amide bonds. The van der Waals surface area contributed by atoms with Crippen LogP contribution in [0.3, 0.4) is 0 Å². The van der Waals surface area contributed by atoms with Crippen LogP contribution in [0.25, 0.3) is 10.9 Å². The van der Waals surface area contributed by atoms with Gasteiger partial charge in [-0.2, -0.15) is 0 Å². The van der Waals surface area contributed by atoms with E-state index < -0.39 is 62.6 Å². The average Bonchev–Trinajstić information content (AvgIpc) is 3.42. The van der Waals surface area contributed by atoms with Crippen molar-refractivity contribution in [2.24, 2.45) is 0 Å². The van der Waals surface area contributed by atoms with Gasteiger partial charge in [0.05, 0.1) is 16.4 Å². The summed E-state index contributed by atoms with van der Waals surface area (Å²) in [5.41, 5.74) is -3.45. The number of carboxylic acid groups (broad SMARTS) is 2. The molecule has 0 bridgehead atoms. The third kappa shape index (κ3) is 2.96. The lowest BCUT2D eigenvalue weighted by Crippen LogP contribution is -2.37. The smallest absolute Gasteiger partial charge is 0.341 e. The van der Waals surface area contributed by atoms with Crippen LogP contribution in [0.5, 0.6) is 0 Å². The molecule has 11 nitrogen and oxygen atoms in total. The number of aromatic nitrogens is 1. The second-order valence-electron chi connectivity index (χ2n) is 7.42. The van der Waals surface area contributed by atoms with Crippen molar-refractivity contribution >= 4 is 34.2 Å². The van der Waals surface area contributed by atoms with Crippen molar-refractivity contribution in [2.75, 3.05) is 11.4 Å². The van der Waals surface area contributed by atoms with E-state index in [-0.39, 0.29) is 24.5 Å². The van der Waals surface area contributed by atoms with E-state index in [1.807, 2.05) is 0 Å². The summed E-state index contributed by atoms with van der Waals surface area (Å²) in [6, 6.07) is -0.998. The Kier molecular flexibility index (Phi) is 4.45. The molecule has 3 N–H and O–H groups in total. The number of pyridine rings is 1. The average molecular weight is 421 g/mol. The van der Waals surface area contributed by atoms with E-state index in [4.69, 9.17) is 0 Å². The van der Waals surface area contributed by atoms with E-state index in [0.29, 0.717) is 18.9 Å². The van der Waals surface area contributed by atoms with Crippen molar-refractivity contribution in [3.05, 3.63) is 44.0 Å². The molecular weight excluding hydrogens is 405 g/mol. The number of hydrogen-bond acceptors (Lipinski definition) is 7. The fourth-order valence-electron chi connectivity index (χ4n) is 3.99. The largest absolute Gasteiger partial charge is 0.480 e. The van der Waals surface area contributed by atoms with E-state index >= 15 is 4.39 Å². The highest BCUT2D eigenvalue weighted by Gasteiger charge is 2.43. The molecule has 1 aliphatic carbocycles. The number of hydrogen-bond donors (Lipinski definition) is 3. The molecule has 30 heavy (non-hydrogen) atoms. The number of benzene rings is 1. The summed E-state index contributed by atoms with van der Waals surface area (Å²) in [5, 5.41) is 40.2. The number of rotatable bonds is 5. The van der Waals surface area contributed by atoms with Gasteiger partial charge in [-0.25, -0.2) is 14.0 Å². The molecule has 0 radical (unpaired) electrons. The number of nitro groups is 1. The van der Waals surface area contributed by atoms with Gasteiger partial charge in [0.15, 0.2) is 11.5 Å². The Bertz CT molecular complexity index is 1170. The number of aliphatic carboxylic acids is 1. The van der Waals surface area contributed by atoms with Gasteiger partial charge in [-0.3, -0.25) is 14.9 Å². The Balaban J connectivity index is 2.11. The summed E-state index contributed by atoms with van der Waals surface area (Å²) in [4.78, 5) is 47.6. The summed E-state index contributed by atoms with van der Waals surface area (Å²) in [5.74, 6) is -4.17. The molecule has 158 valence electrons. The number of carboxylic acids is 2. The van der Waals surface area contributed by atoms with Gasteiger partial charge in [0, 0.05) is 25.2 Å². The van der Waals surface area contributed by atoms with Gasteiger partial charge < -0.3 is 24.8 Å². The number of carbonyl (C=O) groups is 2. The first-order valence-electron chi connectivity index (χ1n) is 9.08. The molecule has 2 heterocycles. The normalized spacial score (nSPS) is 21.2. The molecule has 2 aliphatic rings. The highest BCUT2D eigenvalue weighted by atomic mass is 19.1. The number of nitrogens with zero attached hydrogens (tertiary/aromatic N) is 3. The lowest BCUT2D eigenvalue weighted by atomic mass is 10.1. The quantitative estimate of drug-likeness (QED) is 0.474. The molecular formula is C18H16FN3O8. The molecule has 1 aliphatic heterocycles. The number of nitro benzene ring substituents is 1. The molecule has 0 spiro atoms. The van der Waals surface area contributed by atoms with Gasteiger partial charge in [0.1, 0.15) is 17.1 Å². The minimum Gasteiger partial charge on any atom is -0.480 e. The van der Waals surface area contributed by atoms with E-state index in [9.17, 15) is 39.8 Å². The summed E-state index contributed by atoms with van der Waals surface area (Å²) in [6.45, 7) is -0.346. The topological polar surface area (TPSA) is 163 Å². The Hall–Kier alpha value is -3.54. The number of halogens is 1. The number of fused-ring (bicyclic) bond motifs is 1. The molecule has 1 saturated heterocycles. The zero-order valence-corrected chi connectivity index (χ0v) is 15.3. The minimum atomic E-state index is -1.54. The van der Waals surface area contributed by atoms with Crippen molar-refractivity contribution in [1.29, 1.82) is 0 Å². The summed E-state index contributed by atoms with van der Waals surface area (Å²) in [7, 11) is 0. The summed E-state index contributed by atoms with van der Waals surface area (Å²) in [6.07, 6.45) is 0.785. The molecule has 1 aromatic carbocycles. The van der Waals surface area contributed by atoms with Crippen molar-refractivity contribution in [2.45, 2.75) is 37.5 Å². The minimum absolute atomic E-state index is 0.253. The molecule has 1 aromatic heterocycles. The molecule has 12 heteroatoms. The Morgan fingerprint density at radius 3 is 2.47 bits per heavy atom. The van der Waals surface area contributed by atoms with Crippen LogP contribution in [0.4, 0.5) is 15.8 Å². The SMILES string of the molecule is O=C(O)c1cn(C2CC2)c2c([N+](=O)[O-])c(N3CC(O)CC3C(=O)O)c(F)cc2c1=O. The number of aliphatic hydroxyl groups excluding tert-OH is 1. The van der Waals surface area contributed by atoms with E-state index in [1.54, 1.807) is 0 Å². The monoisotopic (exact) mass is 421 g/mol. The maximum Gasteiger partial charge on any atom is 0.341 e. The van der Waals surface area contributed by atoms with Crippen LogP contribution in [0.1, 0.15) is 35.7 Å². The van der Waals surface area contributed by atoms with Crippen LogP contribution in [-0.2, 0) is 4.79 Å². The highest BCUT2D eigenvalue weighted by molar-refractivity contribution is 5.99. The number of β-amino-alcohol motifs (C(OH)–C–C–N with tert-alkyl or cyclic N) is 1. The third-order valence-electron chi connectivity index (χ3n) is 5.42. The van der Waals surface area contributed by atoms with Gasteiger partial charge in [-0.15, -0.1) is 0 Å². The fraction of sp³-hybridized carbons (Fsp3) is 0.389. The van der Waals surface area contributed by atoms with Crippen molar-refractivity contribution in [3.8, 4) is 0 Å². The van der Waals surface area contributed by atoms with Gasteiger partial charge in [0.25, 0.3) is 0 Å². The van der Waals surface area contributed by atoms with Crippen LogP contribution in [-0.4, -0.2) is 55.4 Å². The molecule has 2 unspecified atom stereocenters. The number of aliphatic hydroxyl groups is 1. The zero-order chi connectivity index (χ0) is 21.9. The lowest BCUT2D eigenvalue weighted by Gasteiger charge is -2.25.